The molecule has 0 unspecified atom stereocenters. The topological polar surface area (TPSA) is 81.7 Å². The molecule has 0 fully saturated rings. The number of sulfonamides is 1. The van der Waals surface area contributed by atoms with Crippen LogP contribution in [0.1, 0.15) is 23.1 Å². The number of hydrogen-bond acceptors (Lipinski definition) is 5. The second-order valence-corrected chi connectivity index (χ2v) is 9.60. The molecule has 0 aromatic heterocycles. The molecule has 6 nitrogen and oxygen atoms in total. The summed E-state index contributed by atoms with van der Waals surface area (Å²) in [6.07, 6.45) is 1.29. The molecule has 0 saturated heterocycles. The molecule has 1 N–H and O–H groups in total. The zero-order valence-electron chi connectivity index (χ0n) is 18.6. The highest BCUT2D eigenvalue weighted by molar-refractivity contribution is 7.89. The normalized spacial score (nSPS) is 12.2. The van der Waals surface area contributed by atoms with Crippen LogP contribution in [-0.4, -0.2) is 33.3 Å². The molecule has 0 heterocycles. The van der Waals surface area contributed by atoms with Crippen molar-refractivity contribution in [2.24, 2.45) is 0 Å². The summed E-state index contributed by atoms with van der Waals surface area (Å²) in [7, 11) is -2.40. The summed E-state index contributed by atoms with van der Waals surface area (Å²) in [5, 5.41) is 0. The Morgan fingerprint density at radius 1 is 0.848 bits per heavy atom. The summed E-state index contributed by atoms with van der Waals surface area (Å²) in [4.78, 5) is 12.2. The molecule has 7 heteroatoms. The monoisotopic (exact) mass is 467 g/mol. The Balaban J connectivity index is 1.55. The molecule has 33 heavy (non-hydrogen) atoms. The highest BCUT2D eigenvalue weighted by Crippen LogP contribution is 2.16. The molecular weight excluding hydrogens is 438 g/mol. The Morgan fingerprint density at radius 2 is 1.45 bits per heavy atom. The maximum Gasteiger partial charge on any atom is 0.324 e. The van der Waals surface area contributed by atoms with Crippen LogP contribution in [0.5, 0.6) is 5.75 Å². The van der Waals surface area contributed by atoms with Crippen molar-refractivity contribution >= 4 is 16.0 Å². The molecule has 1 atom stereocenters. The predicted molar refractivity (Wildman–Crippen MR) is 128 cm³/mol. The minimum Gasteiger partial charge on any atom is -0.489 e. The summed E-state index contributed by atoms with van der Waals surface area (Å²) in [5.74, 6) is 0.00604. The van der Waals surface area contributed by atoms with E-state index in [1.54, 1.807) is 12.1 Å². The zero-order chi connectivity index (χ0) is 23.5. The lowest BCUT2D eigenvalue weighted by Crippen LogP contribution is -2.44. The molecule has 0 spiro atoms. The van der Waals surface area contributed by atoms with Crippen molar-refractivity contribution in [3.05, 3.63) is 102 Å². The molecule has 0 aliphatic carbocycles. The molecule has 3 aromatic rings. The van der Waals surface area contributed by atoms with Crippen molar-refractivity contribution in [1.82, 2.24) is 4.72 Å². The molecule has 0 amide bonds. The number of carbonyl (C=O) groups excluding carboxylic acids is 1. The molecule has 0 aliphatic rings. The lowest BCUT2D eigenvalue weighted by Gasteiger charge is -2.17. The molecule has 3 aromatic carbocycles. The SMILES string of the molecule is COC(=O)[C@H](Cc1ccc(OCc2ccccc2)cc1)NS(=O)(=O)CCCc1ccccc1. The average molecular weight is 468 g/mol. The van der Waals surface area contributed by atoms with Gasteiger partial charge in [0.15, 0.2) is 0 Å². The van der Waals surface area contributed by atoms with Gasteiger partial charge in [0.05, 0.1) is 12.9 Å². The molecule has 174 valence electrons. The number of esters is 1. The second kappa shape index (κ2) is 12.2. The van der Waals surface area contributed by atoms with Gasteiger partial charge in [0.25, 0.3) is 0 Å². The van der Waals surface area contributed by atoms with E-state index in [4.69, 9.17) is 9.47 Å². The number of carbonyl (C=O) groups is 1. The van der Waals surface area contributed by atoms with Gasteiger partial charge in [-0.1, -0.05) is 72.8 Å². The van der Waals surface area contributed by atoms with Gasteiger partial charge < -0.3 is 9.47 Å². The lowest BCUT2D eigenvalue weighted by atomic mass is 10.1. The number of nitrogens with one attached hydrogen (secondary N) is 1. The van der Waals surface area contributed by atoms with Crippen LogP contribution in [0.15, 0.2) is 84.9 Å². The average Bonchev–Trinajstić information content (AvgIpc) is 2.84. The van der Waals surface area contributed by atoms with Crippen molar-refractivity contribution in [3.63, 3.8) is 0 Å². The fourth-order valence-corrected chi connectivity index (χ4v) is 4.66. The van der Waals surface area contributed by atoms with Crippen LogP contribution in [0.2, 0.25) is 0 Å². The van der Waals surface area contributed by atoms with Crippen molar-refractivity contribution < 1.29 is 22.7 Å². The minimum atomic E-state index is -3.65. The fourth-order valence-electron chi connectivity index (χ4n) is 3.40. The van der Waals surface area contributed by atoms with Crippen LogP contribution in [-0.2, 0) is 39.0 Å². The van der Waals surface area contributed by atoms with E-state index in [9.17, 15) is 13.2 Å². The number of aryl methyl sites for hydroxylation is 1. The molecule has 0 bridgehead atoms. The first-order valence-electron chi connectivity index (χ1n) is 10.8. The third-order valence-electron chi connectivity index (χ3n) is 5.14. The maximum atomic E-state index is 12.6. The van der Waals surface area contributed by atoms with E-state index in [2.05, 4.69) is 4.72 Å². The molecule has 3 rings (SSSR count). The number of benzene rings is 3. The van der Waals surface area contributed by atoms with Gasteiger partial charge in [0, 0.05) is 0 Å². The van der Waals surface area contributed by atoms with E-state index in [0.717, 1.165) is 16.7 Å². The van der Waals surface area contributed by atoms with Gasteiger partial charge in [-0.2, -0.15) is 0 Å². The van der Waals surface area contributed by atoms with Crippen LogP contribution < -0.4 is 9.46 Å². The molecule has 0 radical (unpaired) electrons. The maximum absolute atomic E-state index is 12.6. The highest BCUT2D eigenvalue weighted by atomic mass is 32.2. The summed E-state index contributed by atoms with van der Waals surface area (Å²) >= 11 is 0. The van der Waals surface area contributed by atoms with E-state index in [-0.39, 0.29) is 12.2 Å². The van der Waals surface area contributed by atoms with E-state index in [1.807, 2.05) is 72.8 Å². The van der Waals surface area contributed by atoms with E-state index in [0.29, 0.717) is 25.2 Å². The van der Waals surface area contributed by atoms with Gasteiger partial charge in [-0.3, -0.25) is 4.79 Å². The van der Waals surface area contributed by atoms with Crippen LogP contribution in [0, 0.1) is 0 Å². The first kappa shape index (κ1) is 24.5. The Kier molecular flexibility index (Phi) is 9.04. The number of hydrogen-bond donors (Lipinski definition) is 1. The first-order chi connectivity index (χ1) is 15.9. The fraction of sp³-hybridized carbons (Fsp3) is 0.269. The minimum absolute atomic E-state index is 0.0678. The van der Waals surface area contributed by atoms with Crippen LogP contribution in [0.25, 0.3) is 0 Å². The standard InChI is InChI=1S/C26H29NO5S/c1-31-26(28)25(27-33(29,30)18-8-13-21-9-4-2-5-10-21)19-22-14-16-24(17-15-22)32-20-23-11-6-3-7-12-23/h2-7,9-12,14-17,25,27H,8,13,18-20H2,1H3/t25-/m0/s1. The largest absolute Gasteiger partial charge is 0.489 e. The summed E-state index contributed by atoms with van der Waals surface area (Å²) in [6.45, 7) is 0.452. The van der Waals surface area contributed by atoms with Gasteiger partial charge in [-0.25, -0.2) is 13.1 Å². The van der Waals surface area contributed by atoms with Gasteiger partial charge >= 0.3 is 5.97 Å². The summed E-state index contributed by atoms with van der Waals surface area (Å²) < 4.78 is 38.3. The van der Waals surface area contributed by atoms with Crippen LogP contribution in [0.4, 0.5) is 0 Å². The van der Waals surface area contributed by atoms with Gasteiger partial charge in [-0.05, 0) is 48.1 Å². The summed E-state index contributed by atoms with van der Waals surface area (Å²) in [6, 6.07) is 25.8. The Bertz CT molecular complexity index is 1100. The quantitative estimate of drug-likeness (QED) is 0.409. The van der Waals surface area contributed by atoms with Crippen molar-refractivity contribution in [2.75, 3.05) is 12.9 Å². The van der Waals surface area contributed by atoms with Gasteiger partial charge in [0.2, 0.25) is 10.0 Å². The number of methoxy groups -OCH3 is 1. The van der Waals surface area contributed by atoms with E-state index < -0.39 is 22.0 Å². The molecule has 0 aliphatic heterocycles. The molecular formula is C26H29NO5S. The Morgan fingerprint density at radius 3 is 2.06 bits per heavy atom. The predicted octanol–water partition coefficient (Wildman–Crippen LogP) is 3.90. The second-order valence-electron chi connectivity index (χ2n) is 7.72. The van der Waals surface area contributed by atoms with E-state index >= 15 is 0 Å². The van der Waals surface area contributed by atoms with Gasteiger partial charge in [0.1, 0.15) is 18.4 Å². The molecule has 0 saturated carbocycles. The number of rotatable bonds is 12. The first-order valence-corrected chi connectivity index (χ1v) is 12.5. The lowest BCUT2D eigenvalue weighted by molar-refractivity contribution is -0.142. The van der Waals surface area contributed by atoms with Crippen molar-refractivity contribution in [1.29, 1.82) is 0 Å². The Hall–Kier alpha value is -3.16. The third kappa shape index (κ3) is 8.36. The third-order valence-corrected chi connectivity index (χ3v) is 6.61. The zero-order valence-corrected chi connectivity index (χ0v) is 19.5. The van der Waals surface area contributed by atoms with E-state index in [1.165, 1.54) is 7.11 Å². The summed E-state index contributed by atoms with van der Waals surface area (Å²) in [5.41, 5.74) is 2.94. The Labute approximate surface area is 195 Å². The van der Waals surface area contributed by atoms with Gasteiger partial charge in [-0.15, -0.1) is 0 Å². The van der Waals surface area contributed by atoms with Crippen molar-refractivity contribution in [3.8, 4) is 5.75 Å². The van der Waals surface area contributed by atoms with Crippen LogP contribution >= 0.6 is 0 Å². The smallest absolute Gasteiger partial charge is 0.324 e. The number of ether oxygens (including phenoxy) is 2. The van der Waals surface area contributed by atoms with Crippen LogP contribution in [0.3, 0.4) is 0 Å². The van der Waals surface area contributed by atoms with Crippen molar-refractivity contribution in [2.45, 2.75) is 31.9 Å². The highest BCUT2D eigenvalue weighted by Gasteiger charge is 2.25.